The van der Waals surface area contributed by atoms with Gasteiger partial charge in [-0.1, -0.05) is 47.5 Å². The van der Waals surface area contributed by atoms with Crippen LogP contribution in [0.4, 0.5) is 11.4 Å². The Balaban J connectivity index is 1.64. The van der Waals surface area contributed by atoms with E-state index in [1.54, 1.807) is 30.3 Å². The Hall–Kier alpha value is -3.90. The molecule has 0 aliphatic carbocycles. The van der Waals surface area contributed by atoms with Gasteiger partial charge in [-0.25, -0.2) is 4.98 Å². The Morgan fingerprint density at radius 3 is 2.60 bits per heavy atom. The van der Waals surface area contributed by atoms with Crippen LogP contribution >= 0.6 is 31.9 Å². The summed E-state index contributed by atoms with van der Waals surface area (Å²) in [6.07, 6.45) is 2.08. The molecule has 4 aromatic rings. The molecule has 0 saturated carbocycles. The van der Waals surface area contributed by atoms with Crippen molar-refractivity contribution in [1.29, 1.82) is 0 Å². The molecule has 10 nitrogen and oxygen atoms in total. The molecular formula is C28H25Br2N5O5. The van der Waals surface area contributed by atoms with Crippen LogP contribution in [0.1, 0.15) is 43.1 Å². The van der Waals surface area contributed by atoms with Crippen molar-refractivity contribution in [2.24, 2.45) is 5.10 Å². The predicted molar refractivity (Wildman–Crippen MR) is 162 cm³/mol. The van der Waals surface area contributed by atoms with E-state index in [-0.39, 0.29) is 27.4 Å². The third-order valence-electron chi connectivity index (χ3n) is 6.13. The van der Waals surface area contributed by atoms with Gasteiger partial charge in [0.1, 0.15) is 5.82 Å². The molecule has 1 aromatic heterocycles. The Labute approximate surface area is 246 Å². The highest BCUT2D eigenvalue weighted by molar-refractivity contribution is 9.10. The van der Waals surface area contributed by atoms with Crippen molar-refractivity contribution in [1.82, 2.24) is 9.66 Å². The number of fused-ring (bicyclic) bond motifs is 1. The van der Waals surface area contributed by atoms with Gasteiger partial charge >= 0.3 is 5.69 Å². The largest absolute Gasteiger partial charge is 0.476 e. The van der Waals surface area contributed by atoms with Gasteiger partial charge in [-0.3, -0.25) is 19.7 Å². The number of nitro groups is 1. The highest BCUT2D eigenvalue weighted by Crippen LogP contribution is 2.36. The zero-order valence-electron chi connectivity index (χ0n) is 21.9. The van der Waals surface area contributed by atoms with Crippen molar-refractivity contribution < 1.29 is 14.5 Å². The fraction of sp³-hybridized carbons (Fsp3) is 0.214. The van der Waals surface area contributed by atoms with Crippen LogP contribution in [0.2, 0.25) is 0 Å². The number of hydrogen-bond acceptors (Lipinski definition) is 7. The number of hydrogen-bond donors (Lipinski definition) is 1. The molecule has 1 N–H and O–H groups in total. The fourth-order valence-corrected chi connectivity index (χ4v) is 4.77. The Bertz CT molecular complexity index is 1690. The summed E-state index contributed by atoms with van der Waals surface area (Å²) in [7, 11) is 0. The first-order valence-corrected chi connectivity index (χ1v) is 13.9. The van der Waals surface area contributed by atoms with E-state index in [2.05, 4.69) is 47.3 Å². The molecule has 1 amide bonds. The molecule has 0 unspecified atom stereocenters. The molecule has 0 radical (unpaired) electrons. The van der Waals surface area contributed by atoms with E-state index in [9.17, 15) is 19.7 Å². The van der Waals surface area contributed by atoms with Crippen LogP contribution in [0.5, 0.6) is 5.75 Å². The number of nitrogens with one attached hydrogen (secondary N) is 1. The number of anilines is 1. The lowest BCUT2D eigenvalue weighted by Gasteiger charge is -2.14. The normalized spacial score (nSPS) is 12.0. The van der Waals surface area contributed by atoms with Crippen molar-refractivity contribution in [3.63, 3.8) is 0 Å². The number of aryl methyl sites for hydroxylation is 1. The smallest absolute Gasteiger partial charge is 0.312 e. The predicted octanol–water partition coefficient (Wildman–Crippen LogP) is 6.55. The van der Waals surface area contributed by atoms with E-state index in [0.717, 1.165) is 16.5 Å². The van der Waals surface area contributed by atoms with Crippen LogP contribution in [-0.2, 0) is 4.79 Å². The number of ether oxygens (including phenoxy) is 1. The first kappa shape index (κ1) is 29.1. The molecule has 206 valence electrons. The SMILES string of the molecule is CC[C@H](C)c1nc2ccc(Br)cc2c(=O)n1N=Cc1cc(Br)c(OCC(=O)Nc2ccc(C)cc2)c([N+](=O)[O-])c1. The second kappa shape index (κ2) is 12.5. The summed E-state index contributed by atoms with van der Waals surface area (Å²) >= 11 is 6.70. The Morgan fingerprint density at radius 1 is 1.20 bits per heavy atom. The molecule has 40 heavy (non-hydrogen) atoms. The molecular weight excluding hydrogens is 646 g/mol. The van der Waals surface area contributed by atoms with E-state index in [1.165, 1.54) is 17.0 Å². The van der Waals surface area contributed by atoms with Gasteiger partial charge in [0.15, 0.2) is 6.61 Å². The molecule has 0 fully saturated rings. The standard InChI is InChI=1S/C28H25Br2N5O5/c1-4-17(3)27-33-23-10-7-19(29)13-21(23)28(37)34(27)31-14-18-11-22(30)26(24(12-18)35(38)39)40-15-25(36)32-20-8-5-16(2)6-9-20/h5-14,17H,4,15H2,1-3H3,(H,32,36)/t17-/m0/s1. The average molecular weight is 671 g/mol. The third kappa shape index (κ3) is 6.62. The summed E-state index contributed by atoms with van der Waals surface area (Å²) in [6, 6.07) is 15.3. The maximum Gasteiger partial charge on any atom is 0.312 e. The second-order valence-electron chi connectivity index (χ2n) is 9.11. The van der Waals surface area contributed by atoms with Crippen molar-refractivity contribution >= 4 is 66.3 Å². The summed E-state index contributed by atoms with van der Waals surface area (Å²) in [5.74, 6) is -0.161. The van der Waals surface area contributed by atoms with Crippen molar-refractivity contribution in [3.8, 4) is 5.75 Å². The molecule has 1 heterocycles. The van der Waals surface area contributed by atoms with Gasteiger partial charge in [0.2, 0.25) is 5.75 Å². The first-order valence-electron chi connectivity index (χ1n) is 12.3. The molecule has 0 saturated heterocycles. The van der Waals surface area contributed by atoms with Gasteiger partial charge in [-0.05, 0) is 65.7 Å². The third-order valence-corrected chi connectivity index (χ3v) is 7.22. The number of amides is 1. The Kier molecular flexibility index (Phi) is 9.10. The lowest BCUT2D eigenvalue weighted by atomic mass is 10.1. The topological polar surface area (TPSA) is 129 Å². The quantitative estimate of drug-likeness (QED) is 0.122. The lowest BCUT2D eigenvalue weighted by Crippen LogP contribution is -2.23. The summed E-state index contributed by atoms with van der Waals surface area (Å²) in [5.41, 5.74) is 1.80. The highest BCUT2D eigenvalue weighted by Gasteiger charge is 2.22. The van der Waals surface area contributed by atoms with E-state index < -0.39 is 17.4 Å². The van der Waals surface area contributed by atoms with Gasteiger partial charge in [0.05, 0.1) is 26.5 Å². The zero-order chi connectivity index (χ0) is 29.0. The number of nitrogens with zero attached hydrogens (tertiary/aromatic N) is 4. The highest BCUT2D eigenvalue weighted by atomic mass is 79.9. The second-order valence-corrected chi connectivity index (χ2v) is 10.9. The van der Waals surface area contributed by atoms with Gasteiger partial charge in [0, 0.05) is 27.7 Å². The molecule has 0 spiro atoms. The van der Waals surface area contributed by atoms with Gasteiger partial charge < -0.3 is 10.1 Å². The fourth-order valence-electron chi connectivity index (χ4n) is 3.83. The molecule has 0 aliphatic heterocycles. The number of halogens is 2. The van der Waals surface area contributed by atoms with Gasteiger partial charge in [0.25, 0.3) is 11.5 Å². The maximum absolute atomic E-state index is 13.3. The van der Waals surface area contributed by atoms with E-state index in [4.69, 9.17) is 4.74 Å². The maximum atomic E-state index is 13.3. The summed E-state index contributed by atoms with van der Waals surface area (Å²) in [6.45, 7) is 5.42. The lowest BCUT2D eigenvalue weighted by molar-refractivity contribution is -0.385. The number of rotatable bonds is 9. The molecule has 4 rings (SSSR count). The summed E-state index contributed by atoms with van der Waals surface area (Å²) in [5, 5.41) is 19.3. The summed E-state index contributed by atoms with van der Waals surface area (Å²) in [4.78, 5) is 41.6. The molecule has 0 bridgehead atoms. The number of aromatic nitrogens is 2. The van der Waals surface area contributed by atoms with Crippen molar-refractivity contribution in [2.75, 3.05) is 11.9 Å². The van der Waals surface area contributed by atoms with E-state index in [1.807, 2.05) is 39.0 Å². The summed E-state index contributed by atoms with van der Waals surface area (Å²) < 4.78 is 7.74. The minimum absolute atomic E-state index is 0.0687. The van der Waals surface area contributed by atoms with Crippen molar-refractivity contribution in [3.05, 3.63) is 101 Å². The van der Waals surface area contributed by atoms with Crippen molar-refractivity contribution in [2.45, 2.75) is 33.1 Å². The Morgan fingerprint density at radius 2 is 1.93 bits per heavy atom. The first-order chi connectivity index (χ1) is 19.1. The molecule has 0 aliphatic rings. The minimum atomic E-state index is -0.610. The number of nitro benzene ring substituents is 1. The average Bonchev–Trinajstić information content (AvgIpc) is 2.92. The number of carbonyl (C=O) groups excluding carboxylic acids is 1. The van der Waals surface area contributed by atoms with Crippen LogP contribution < -0.4 is 15.6 Å². The van der Waals surface area contributed by atoms with E-state index in [0.29, 0.717) is 28.0 Å². The van der Waals surface area contributed by atoms with Gasteiger partial charge in [-0.15, -0.1) is 0 Å². The monoisotopic (exact) mass is 669 g/mol. The van der Waals surface area contributed by atoms with Crippen LogP contribution in [0.25, 0.3) is 10.9 Å². The van der Waals surface area contributed by atoms with Crippen LogP contribution in [0, 0.1) is 17.0 Å². The van der Waals surface area contributed by atoms with Crippen LogP contribution in [0.3, 0.4) is 0 Å². The molecule has 1 atom stereocenters. The van der Waals surface area contributed by atoms with E-state index >= 15 is 0 Å². The molecule has 3 aromatic carbocycles. The van der Waals surface area contributed by atoms with Crippen LogP contribution in [0.15, 0.2) is 73.4 Å². The molecule has 12 heteroatoms. The van der Waals surface area contributed by atoms with Gasteiger partial charge in [-0.2, -0.15) is 9.78 Å². The number of carbonyl (C=O) groups is 1. The minimum Gasteiger partial charge on any atom is -0.476 e. The number of benzene rings is 3. The zero-order valence-corrected chi connectivity index (χ0v) is 25.0. The van der Waals surface area contributed by atoms with Crippen LogP contribution in [-0.4, -0.2) is 33.3 Å².